The lowest BCUT2D eigenvalue weighted by Crippen LogP contribution is -2.49. The second kappa shape index (κ2) is 12.7. The van der Waals surface area contributed by atoms with Gasteiger partial charge in [0, 0.05) is 68.7 Å². The molecule has 41 heavy (non-hydrogen) atoms. The number of fused-ring (bicyclic) bond motifs is 1. The quantitative estimate of drug-likeness (QED) is 0.353. The Labute approximate surface area is 241 Å². The summed E-state index contributed by atoms with van der Waals surface area (Å²) in [7, 11) is 0. The summed E-state index contributed by atoms with van der Waals surface area (Å²) in [6.07, 6.45) is 7.36. The Balaban J connectivity index is 1.29. The van der Waals surface area contributed by atoms with Gasteiger partial charge in [-0.25, -0.2) is 9.78 Å². The van der Waals surface area contributed by atoms with Crippen LogP contribution >= 0.6 is 0 Å². The smallest absolute Gasteiger partial charge is 0.410 e. The van der Waals surface area contributed by atoms with Gasteiger partial charge in [0.05, 0.1) is 12.8 Å². The minimum Gasteiger partial charge on any atom is -0.444 e. The Morgan fingerprint density at radius 1 is 1.10 bits per heavy atom. The van der Waals surface area contributed by atoms with Crippen LogP contribution in [0.4, 0.5) is 15.1 Å². The molecule has 2 aromatic heterocycles. The van der Waals surface area contributed by atoms with Crippen LogP contribution in [0.1, 0.15) is 64.5 Å². The average Bonchev–Trinajstić information content (AvgIpc) is 3.32. The topological polar surface area (TPSA) is 95.8 Å². The van der Waals surface area contributed by atoms with Gasteiger partial charge in [0.15, 0.2) is 0 Å². The second-order valence-corrected chi connectivity index (χ2v) is 12.3. The summed E-state index contributed by atoms with van der Waals surface area (Å²) >= 11 is 0. The first kappa shape index (κ1) is 29.3. The number of hydrogen-bond donors (Lipinski definition) is 2. The molecule has 0 unspecified atom stereocenters. The second-order valence-electron chi connectivity index (χ2n) is 12.3. The maximum atomic E-state index is 12.6. The molecule has 2 aliphatic rings. The molecule has 10 heteroatoms. The van der Waals surface area contributed by atoms with E-state index in [-0.39, 0.29) is 24.9 Å². The number of anilines is 1. The minimum absolute atomic E-state index is 0.229. The molecule has 1 saturated carbocycles. The number of halogens is 1. The predicted octanol–water partition coefficient (Wildman–Crippen LogP) is 5.40. The molecule has 0 radical (unpaired) electrons. The third kappa shape index (κ3) is 7.35. The van der Waals surface area contributed by atoms with E-state index in [1.54, 1.807) is 4.90 Å². The van der Waals surface area contributed by atoms with Crippen LogP contribution in [-0.2, 0) is 11.3 Å². The summed E-state index contributed by atoms with van der Waals surface area (Å²) in [5.41, 5.74) is 3.79. The number of carbonyl (C=O) groups excluding carboxylic acids is 1. The number of hydrogen-bond acceptors (Lipinski definition) is 7. The van der Waals surface area contributed by atoms with Crippen LogP contribution in [0.15, 0.2) is 36.7 Å². The lowest BCUT2D eigenvalue weighted by Gasteiger charge is -2.35. The van der Waals surface area contributed by atoms with Crippen molar-refractivity contribution in [2.75, 3.05) is 44.7 Å². The highest BCUT2D eigenvalue weighted by atomic mass is 19.1. The Hall–Kier alpha value is -3.24. The number of alkyl halides is 1. The third-order valence-electron chi connectivity index (χ3n) is 7.92. The standard InChI is InChI=1S/C31H43FN6O3/c1-31(2,3)41-30(40)37-17-15-36(16-18-37)20-22-5-7-23(8-6-22)27-21-38(24-9-11-25(39)12-10-24)28-26(27)19-34-29(35-28)33-14-4-13-32/h5-8,19,21,24-25,39H,4,9-18,20H2,1-3H3,(H,33,34,35)/t24-,25-. The van der Waals surface area contributed by atoms with Gasteiger partial charge in [-0.3, -0.25) is 9.29 Å². The highest BCUT2D eigenvalue weighted by Gasteiger charge is 2.27. The number of ether oxygens (including phenoxy) is 1. The number of piperazine rings is 1. The van der Waals surface area contributed by atoms with Gasteiger partial charge < -0.3 is 24.6 Å². The molecule has 0 spiro atoms. The number of nitrogens with zero attached hydrogens (tertiary/aromatic N) is 5. The fourth-order valence-electron chi connectivity index (χ4n) is 5.69. The van der Waals surface area contributed by atoms with Crippen LogP contribution < -0.4 is 5.32 Å². The maximum Gasteiger partial charge on any atom is 0.410 e. The van der Waals surface area contributed by atoms with Crippen molar-refractivity contribution in [1.29, 1.82) is 0 Å². The molecule has 3 heterocycles. The van der Waals surface area contributed by atoms with E-state index in [0.29, 0.717) is 32.0 Å². The van der Waals surface area contributed by atoms with Crippen molar-refractivity contribution in [3.8, 4) is 11.1 Å². The van der Waals surface area contributed by atoms with E-state index in [4.69, 9.17) is 9.72 Å². The Morgan fingerprint density at radius 3 is 2.46 bits per heavy atom. The van der Waals surface area contributed by atoms with E-state index in [0.717, 1.165) is 67.5 Å². The molecule has 1 aromatic carbocycles. The lowest BCUT2D eigenvalue weighted by atomic mass is 9.93. The molecular weight excluding hydrogens is 523 g/mol. The molecule has 0 bridgehead atoms. The molecule has 2 fully saturated rings. The van der Waals surface area contributed by atoms with E-state index in [9.17, 15) is 14.3 Å². The number of aliphatic hydroxyl groups excluding tert-OH is 1. The summed E-state index contributed by atoms with van der Waals surface area (Å²) in [5, 5.41) is 14.2. The molecule has 3 aromatic rings. The fraction of sp³-hybridized carbons (Fsp3) is 0.581. The fourth-order valence-corrected chi connectivity index (χ4v) is 5.69. The summed E-state index contributed by atoms with van der Waals surface area (Å²) in [6, 6.07) is 8.92. The molecule has 1 aliphatic carbocycles. The molecule has 2 N–H and O–H groups in total. The highest BCUT2D eigenvalue weighted by molar-refractivity contribution is 5.94. The SMILES string of the molecule is CC(C)(C)OC(=O)N1CCN(Cc2ccc(-c3cn([C@H]4CC[C@H](O)CC4)c4nc(NCCCF)ncc34)cc2)CC1. The van der Waals surface area contributed by atoms with Crippen molar-refractivity contribution >= 4 is 23.1 Å². The summed E-state index contributed by atoms with van der Waals surface area (Å²) in [5.74, 6) is 0.509. The van der Waals surface area contributed by atoms with E-state index >= 15 is 0 Å². The number of rotatable bonds is 8. The third-order valence-corrected chi connectivity index (χ3v) is 7.92. The van der Waals surface area contributed by atoms with Crippen molar-refractivity contribution in [1.82, 2.24) is 24.3 Å². The summed E-state index contributed by atoms with van der Waals surface area (Å²) in [4.78, 5) is 25.9. The molecule has 5 rings (SSSR count). The minimum atomic E-state index is -0.484. The van der Waals surface area contributed by atoms with Crippen LogP contribution in [0.2, 0.25) is 0 Å². The van der Waals surface area contributed by atoms with Gasteiger partial charge in [0.25, 0.3) is 0 Å². The zero-order valence-corrected chi connectivity index (χ0v) is 24.5. The van der Waals surface area contributed by atoms with Crippen molar-refractivity contribution < 1.29 is 19.0 Å². The van der Waals surface area contributed by atoms with Crippen LogP contribution in [0, 0.1) is 0 Å². The van der Waals surface area contributed by atoms with E-state index in [2.05, 4.69) is 50.2 Å². The molecule has 0 atom stereocenters. The number of aliphatic hydroxyl groups is 1. The number of amides is 1. The molecule has 222 valence electrons. The summed E-state index contributed by atoms with van der Waals surface area (Å²) < 4.78 is 20.4. The largest absolute Gasteiger partial charge is 0.444 e. The van der Waals surface area contributed by atoms with Crippen molar-refractivity contribution in [3.05, 3.63) is 42.2 Å². The number of carbonyl (C=O) groups is 1. The first-order valence-electron chi connectivity index (χ1n) is 14.9. The Kier molecular flexibility index (Phi) is 9.09. The number of nitrogens with one attached hydrogen (secondary N) is 1. The zero-order valence-electron chi connectivity index (χ0n) is 24.5. The van der Waals surface area contributed by atoms with Gasteiger partial charge in [-0.15, -0.1) is 0 Å². The van der Waals surface area contributed by atoms with Gasteiger partial charge >= 0.3 is 6.09 Å². The molecule has 9 nitrogen and oxygen atoms in total. The van der Waals surface area contributed by atoms with Crippen LogP contribution in [0.3, 0.4) is 0 Å². The van der Waals surface area contributed by atoms with Gasteiger partial charge in [-0.05, 0) is 64.0 Å². The van der Waals surface area contributed by atoms with Crippen LogP contribution in [0.5, 0.6) is 0 Å². The van der Waals surface area contributed by atoms with Crippen LogP contribution in [-0.4, -0.2) is 86.6 Å². The van der Waals surface area contributed by atoms with E-state index < -0.39 is 5.60 Å². The van der Waals surface area contributed by atoms with Gasteiger partial charge in [-0.2, -0.15) is 4.98 Å². The number of benzene rings is 1. The van der Waals surface area contributed by atoms with Crippen molar-refractivity contribution in [3.63, 3.8) is 0 Å². The first-order chi connectivity index (χ1) is 19.7. The molecular formula is C31H43FN6O3. The molecule has 1 aliphatic heterocycles. The van der Waals surface area contributed by atoms with E-state index in [1.165, 1.54) is 5.56 Å². The van der Waals surface area contributed by atoms with Gasteiger partial charge in [0.1, 0.15) is 11.2 Å². The molecule has 1 amide bonds. The van der Waals surface area contributed by atoms with Gasteiger partial charge in [0.2, 0.25) is 5.95 Å². The normalized spacial score (nSPS) is 20.4. The van der Waals surface area contributed by atoms with E-state index in [1.807, 2.05) is 27.0 Å². The maximum absolute atomic E-state index is 12.6. The lowest BCUT2D eigenvalue weighted by molar-refractivity contribution is 0.0139. The zero-order chi connectivity index (χ0) is 29.0. The Morgan fingerprint density at radius 2 is 1.80 bits per heavy atom. The number of aromatic nitrogens is 3. The van der Waals surface area contributed by atoms with Gasteiger partial charge in [-0.1, -0.05) is 24.3 Å². The Bertz CT molecular complexity index is 1310. The summed E-state index contributed by atoms with van der Waals surface area (Å²) in [6.45, 7) is 9.55. The average molecular weight is 567 g/mol. The molecule has 1 saturated heterocycles. The highest BCUT2D eigenvalue weighted by Crippen LogP contribution is 2.36. The van der Waals surface area contributed by atoms with Crippen LogP contribution in [0.25, 0.3) is 22.2 Å². The predicted molar refractivity (Wildman–Crippen MR) is 159 cm³/mol. The first-order valence-corrected chi connectivity index (χ1v) is 14.9. The van der Waals surface area contributed by atoms with Crippen molar-refractivity contribution in [2.24, 2.45) is 0 Å². The van der Waals surface area contributed by atoms with Crippen molar-refractivity contribution in [2.45, 2.75) is 77.2 Å². The monoisotopic (exact) mass is 566 g/mol.